The first-order valence-corrected chi connectivity index (χ1v) is 12.4. The molecule has 0 aliphatic heterocycles. The van der Waals surface area contributed by atoms with Crippen LogP contribution < -0.4 is 0 Å². The van der Waals surface area contributed by atoms with Gasteiger partial charge in [0, 0.05) is 0 Å². The zero-order valence-electron chi connectivity index (χ0n) is 17.6. The molecule has 0 saturated heterocycles. The first kappa shape index (κ1) is 21.3. The molecule has 0 nitrogen and oxygen atoms in total. The first-order valence-electron chi connectivity index (χ1n) is 12.4. The van der Waals surface area contributed by atoms with Crippen LogP contribution in [-0.4, -0.2) is 0 Å². The average Bonchev–Trinajstić information content (AvgIpc) is 2.62. The van der Waals surface area contributed by atoms with Crippen molar-refractivity contribution >= 4 is 0 Å². The molecule has 0 amide bonds. The van der Waals surface area contributed by atoms with E-state index < -0.39 is 0 Å². The molecule has 0 radical (unpaired) electrons. The van der Waals surface area contributed by atoms with Crippen LogP contribution in [0.4, 0.5) is 0 Å². The third kappa shape index (κ3) is 10.0. The third-order valence-electron chi connectivity index (χ3n) is 7.38. The van der Waals surface area contributed by atoms with E-state index >= 15 is 0 Å². The molecule has 2 fully saturated rings. The second-order valence-electron chi connectivity index (χ2n) is 9.66. The summed E-state index contributed by atoms with van der Waals surface area (Å²) in [5.74, 6) is 3.17. The quantitative estimate of drug-likeness (QED) is 0.443. The summed E-state index contributed by atoms with van der Waals surface area (Å²) in [6.07, 6.45) is 31.9. The standard InChI is InChI=1S/C25H48/c1-23-19-21-25(22-20-23)24-17-15-13-11-9-7-5-3-2-4-6-8-10-12-14-16-18-24/h23-25H,2-22H2,1H3. The van der Waals surface area contributed by atoms with Gasteiger partial charge in [0.1, 0.15) is 0 Å². The smallest absolute Gasteiger partial charge is 0.0386 e. The van der Waals surface area contributed by atoms with E-state index in [4.69, 9.17) is 0 Å². The summed E-state index contributed by atoms with van der Waals surface area (Å²) in [6.45, 7) is 2.47. The zero-order chi connectivity index (χ0) is 17.6. The molecule has 2 saturated carbocycles. The number of hydrogen-bond donors (Lipinski definition) is 0. The van der Waals surface area contributed by atoms with E-state index in [0.29, 0.717) is 0 Å². The van der Waals surface area contributed by atoms with Gasteiger partial charge in [-0.2, -0.15) is 0 Å². The van der Waals surface area contributed by atoms with Gasteiger partial charge in [0.25, 0.3) is 0 Å². The molecule has 0 N–H and O–H groups in total. The lowest BCUT2D eigenvalue weighted by atomic mass is 9.73. The van der Waals surface area contributed by atoms with Crippen LogP contribution in [0, 0.1) is 17.8 Å². The van der Waals surface area contributed by atoms with Crippen LogP contribution in [0.15, 0.2) is 0 Å². The maximum atomic E-state index is 2.47. The maximum Gasteiger partial charge on any atom is -0.0386 e. The largest absolute Gasteiger partial charge is 0.0625 e. The Balaban J connectivity index is 1.71. The monoisotopic (exact) mass is 348 g/mol. The molecular weight excluding hydrogens is 300 g/mol. The summed E-state index contributed by atoms with van der Waals surface area (Å²) in [5.41, 5.74) is 0. The maximum absolute atomic E-state index is 2.47. The van der Waals surface area contributed by atoms with E-state index in [1.807, 2.05) is 0 Å². The van der Waals surface area contributed by atoms with Crippen molar-refractivity contribution in [2.45, 2.75) is 142 Å². The molecule has 0 aromatic rings. The fourth-order valence-corrected chi connectivity index (χ4v) is 5.48. The summed E-state index contributed by atoms with van der Waals surface area (Å²) in [6, 6.07) is 0. The minimum atomic E-state index is 1.01. The van der Waals surface area contributed by atoms with Crippen LogP contribution in [0.1, 0.15) is 142 Å². The summed E-state index contributed by atoms with van der Waals surface area (Å²) < 4.78 is 0. The Labute approximate surface area is 159 Å². The summed E-state index contributed by atoms with van der Waals surface area (Å²) in [7, 11) is 0. The van der Waals surface area contributed by atoms with E-state index in [1.54, 1.807) is 25.7 Å². The number of hydrogen-bond acceptors (Lipinski definition) is 0. The molecule has 0 bridgehead atoms. The Morgan fingerprint density at radius 2 is 0.600 bits per heavy atom. The lowest BCUT2D eigenvalue weighted by Gasteiger charge is -2.33. The van der Waals surface area contributed by atoms with E-state index in [1.165, 1.54) is 109 Å². The van der Waals surface area contributed by atoms with Crippen LogP contribution in [0.2, 0.25) is 0 Å². The fourth-order valence-electron chi connectivity index (χ4n) is 5.48. The van der Waals surface area contributed by atoms with Crippen molar-refractivity contribution in [1.29, 1.82) is 0 Å². The Hall–Kier alpha value is 0. The van der Waals surface area contributed by atoms with Gasteiger partial charge in [0.15, 0.2) is 0 Å². The van der Waals surface area contributed by atoms with E-state index in [9.17, 15) is 0 Å². The SMILES string of the molecule is CC1CCC(C2CCCCCCCCCCCCCCCCC2)CC1. The molecule has 0 aromatic carbocycles. The van der Waals surface area contributed by atoms with Crippen molar-refractivity contribution in [2.75, 3.05) is 0 Å². The van der Waals surface area contributed by atoms with Crippen molar-refractivity contribution in [3.63, 3.8) is 0 Å². The van der Waals surface area contributed by atoms with Crippen molar-refractivity contribution in [3.05, 3.63) is 0 Å². The topological polar surface area (TPSA) is 0 Å². The van der Waals surface area contributed by atoms with Gasteiger partial charge >= 0.3 is 0 Å². The molecule has 0 heterocycles. The van der Waals surface area contributed by atoms with Gasteiger partial charge in [0.05, 0.1) is 0 Å². The predicted molar refractivity (Wildman–Crippen MR) is 113 cm³/mol. The van der Waals surface area contributed by atoms with Crippen LogP contribution in [0.3, 0.4) is 0 Å². The van der Waals surface area contributed by atoms with Gasteiger partial charge in [-0.25, -0.2) is 0 Å². The van der Waals surface area contributed by atoms with Crippen molar-refractivity contribution < 1.29 is 0 Å². The van der Waals surface area contributed by atoms with Gasteiger partial charge in [-0.1, -0.05) is 129 Å². The van der Waals surface area contributed by atoms with Crippen molar-refractivity contribution in [1.82, 2.24) is 0 Å². The minimum absolute atomic E-state index is 1.01. The molecule has 0 spiro atoms. The third-order valence-corrected chi connectivity index (χ3v) is 7.38. The van der Waals surface area contributed by atoms with Gasteiger partial charge in [0.2, 0.25) is 0 Å². The normalized spacial score (nSPS) is 31.1. The van der Waals surface area contributed by atoms with E-state index in [0.717, 1.165) is 17.8 Å². The average molecular weight is 349 g/mol. The second-order valence-corrected chi connectivity index (χ2v) is 9.66. The van der Waals surface area contributed by atoms with Gasteiger partial charge in [-0.15, -0.1) is 0 Å². The Kier molecular flexibility index (Phi) is 12.0. The predicted octanol–water partition coefficient (Wildman–Crippen LogP) is 9.07. The fraction of sp³-hybridized carbons (Fsp3) is 1.00. The lowest BCUT2D eigenvalue weighted by molar-refractivity contribution is 0.187. The molecule has 2 aliphatic carbocycles. The van der Waals surface area contributed by atoms with E-state index in [-0.39, 0.29) is 0 Å². The highest BCUT2D eigenvalue weighted by atomic mass is 14.3. The second kappa shape index (κ2) is 14.1. The molecule has 2 rings (SSSR count). The first-order chi connectivity index (χ1) is 12.4. The Bertz CT molecular complexity index is 268. The van der Waals surface area contributed by atoms with Crippen LogP contribution in [0.5, 0.6) is 0 Å². The summed E-state index contributed by atoms with van der Waals surface area (Å²) in [4.78, 5) is 0. The highest BCUT2D eigenvalue weighted by Crippen LogP contribution is 2.38. The molecule has 25 heavy (non-hydrogen) atoms. The van der Waals surface area contributed by atoms with Crippen LogP contribution in [-0.2, 0) is 0 Å². The molecule has 0 heteroatoms. The summed E-state index contributed by atoms with van der Waals surface area (Å²) >= 11 is 0. The van der Waals surface area contributed by atoms with Crippen LogP contribution >= 0.6 is 0 Å². The highest BCUT2D eigenvalue weighted by Gasteiger charge is 2.25. The van der Waals surface area contributed by atoms with Gasteiger partial charge in [-0.05, 0) is 30.6 Å². The lowest BCUT2D eigenvalue weighted by Crippen LogP contribution is -2.21. The van der Waals surface area contributed by atoms with Crippen LogP contribution in [0.25, 0.3) is 0 Å². The van der Waals surface area contributed by atoms with Crippen molar-refractivity contribution in [2.24, 2.45) is 17.8 Å². The van der Waals surface area contributed by atoms with E-state index in [2.05, 4.69) is 6.92 Å². The highest BCUT2D eigenvalue weighted by molar-refractivity contribution is 4.77. The Morgan fingerprint density at radius 1 is 0.320 bits per heavy atom. The van der Waals surface area contributed by atoms with Gasteiger partial charge < -0.3 is 0 Å². The number of rotatable bonds is 1. The molecule has 2 aliphatic rings. The molecule has 0 atom stereocenters. The zero-order valence-corrected chi connectivity index (χ0v) is 17.6. The minimum Gasteiger partial charge on any atom is -0.0625 e. The van der Waals surface area contributed by atoms with Gasteiger partial charge in [-0.3, -0.25) is 0 Å². The molecule has 0 aromatic heterocycles. The summed E-state index contributed by atoms with van der Waals surface area (Å²) in [5, 5.41) is 0. The molecule has 0 unspecified atom stereocenters. The van der Waals surface area contributed by atoms with Crippen molar-refractivity contribution in [3.8, 4) is 0 Å². The molecule has 148 valence electrons. The molecular formula is C25H48. The Morgan fingerprint density at radius 3 is 0.960 bits per heavy atom.